The van der Waals surface area contributed by atoms with Gasteiger partial charge in [-0.2, -0.15) is 5.46 Å². The first-order chi connectivity index (χ1) is 26.5. The third-order valence-corrected chi connectivity index (χ3v) is 16.7. The Morgan fingerprint density at radius 3 is 1.32 bits per heavy atom. The molecule has 288 valence electrons. The number of quaternary nitrogens is 1. The van der Waals surface area contributed by atoms with E-state index in [4.69, 9.17) is 4.74 Å². The molecule has 7 rings (SSSR count). The van der Waals surface area contributed by atoms with E-state index in [1.165, 1.54) is 10.9 Å². The second kappa shape index (κ2) is 14.5. The van der Waals surface area contributed by atoms with Crippen LogP contribution in [0.3, 0.4) is 0 Å². The third-order valence-electron chi connectivity index (χ3n) is 11.1. The van der Waals surface area contributed by atoms with Gasteiger partial charge in [-0.15, -0.1) is 10.9 Å². The van der Waals surface area contributed by atoms with Gasteiger partial charge in [0, 0.05) is 37.8 Å². The molecular formula is C41H32B2F10NOP. The number of rotatable bonds is 8. The van der Waals surface area contributed by atoms with Gasteiger partial charge in [-0.3, -0.25) is 0 Å². The second-order valence-corrected chi connectivity index (χ2v) is 19.2. The largest absolute Gasteiger partial charge is 0.500 e. The molecule has 1 aliphatic heterocycles. The number of halogens is 10. The van der Waals surface area contributed by atoms with Crippen molar-refractivity contribution in [3.63, 3.8) is 0 Å². The van der Waals surface area contributed by atoms with E-state index < -0.39 is 101 Å². The summed E-state index contributed by atoms with van der Waals surface area (Å²) in [5, 5.41) is 2.77. The molecule has 1 aliphatic rings. The molecular weight excluding hydrogens is 765 g/mol. The predicted molar refractivity (Wildman–Crippen MR) is 204 cm³/mol. The maximum Gasteiger partial charge on any atom is 0.351 e. The summed E-state index contributed by atoms with van der Waals surface area (Å²) in [5.74, 6) is -24.9. The Labute approximate surface area is 317 Å². The highest BCUT2D eigenvalue weighted by Crippen LogP contribution is 2.58. The predicted octanol–water partition coefficient (Wildman–Crippen LogP) is 5.19. The smallest absolute Gasteiger partial charge is 0.351 e. The minimum Gasteiger partial charge on any atom is -0.500 e. The maximum absolute atomic E-state index is 15.9. The molecule has 0 unspecified atom stereocenters. The van der Waals surface area contributed by atoms with Crippen molar-refractivity contribution in [2.45, 2.75) is 19.3 Å². The minimum absolute atomic E-state index is 0.266. The summed E-state index contributed by atoms with van der Waals surface area (Å²) < 4.78 is 159. The van der Waals surface area contributed by atoms with Crippen LogP contribution in [-0.4, -0.2) is 27.9 Å². The lowest BCUT2D eigenvalue weighted by molar-refractivity contribution is -0.731. The Bertz CT molecular complexity index is 2350. The molecule has 6 aromatic rings. The molecule has 0 spiro atoms. The molecule has 1 heterocycles. The highest BCUT2D eigenvalue weighted by Gasteiger charge is 2.48. The SMILES string of the molecule is C[NH+](C)[BH2-][P+](c1ccccc1)(c1ccccc1)c1cccc2c1Oc1c([BH-](c3c(F)c(F)c(F)c(F)c3F)c3c(F)c(F)c(F)c(F)c3F)cccc1C2(C)C. The minimum atomic E-state index is -4.10. The third kappa shape index (κ3) is 5.91. The van der Waals surface area contributed by atoms with Crippen LogP contribution in [0.4, 0.5) is 43.9 Å². The highest BCUT2D eigenvalue weighted by atomic mass is 31.2. The van der Waals surface area contributed by atoms with Gasteiger partial charge >= 0.3 is 7.13 Å². The molecule has 15 heteroatoms. The number of hydrogen-bond acceptors (Lipinski definition) is 1. The number of fused-ring (bicyclic) bond motifs is 2. The van der Waals surface area contributed by atoms with Gasteiger partial charge in [-0.1, -0.05) is 80.6 Å². The first-order valence-corrected chi connectivity index (χ1v) is 20.0. The zero-order chi connectivity index (χ0) is 40.4. The van der Waals surface area contributed by atoms with E-state index in [0.29, 0.717) is 5.56 Å². The quantitative estimate of drug-likeness (QED) is 0.0737. The fourth-order valence-corrected chi connectivity index (χ4v) is 14.1. The lowest BCUT2D eigenvalue weighted by Gasteiger charge is -2.42. The van der Waals surface area contributed by atoms with Crippen molar-refractivity contribution >= 4 is 53.3 Å². The Morgan fingerprint density at radius 2 is 0.893 bits per heavy atom. The summed E-state index contributed by atoms with van der Waals surface area (Å²) in [6.45, 7) is -0.513. The van der Waals surface area contributed by atoms with E-state index in [9.17, 15) is 26.3 Å². The fraction of sp³-hybridized carbons (Fsp3) is 0.122. The van der Waals surface area contributed by atoms with Crippen LogP contribution < -0.4 is 41.8 Å². The molecule has 0 fully saturated rings. The van der Waals surface area contributed by atoms with Gasteiger partial charge in [-0.05, 0) is 30.3 Å². The zero-order valence-corrected chi connectivity index (χ0v) is 31.5. The topological polar surface area (TPSA) is 13.7 Å². The van der Waals surface area contributed by atoms with Crippen LogP contribution in [0.5, 0.6) is 11.5 Å². The van der Waals surface area contributed by atoms with Crippen LogP contribution in [-0.2, 0) is 5.41 Å². The van der Waals surface area contributed by atoms with Crippen LogP contribution in [0.15, 0.2) is 97.1 Å². The van der Waals surface area contributed by atoms with Gasteiger partial charge in [-0.25, -0.2) is 43.9 Å². The summed E-state index contributed by atoms with van der Waals surface area (Å²) in [6, 6.07) is 29.1. The van der Waals surface area contributed by atoms with E-state index in [2.05, 4.69) is 0 Å². The van der Waals surface area contributed by atoms with Crippen LogP contribution in [0.1, 0.15) is 25.0 Å². The van der Waals surface area contributed by atoms with Gasteiger partial charge in [0.05, 0.1) is 23.1 Å². The molecule has 0 atom stereocenters. The second-order valence-electron chi connectivity index (χ2n) is 15.2. The molecule has 0 bridgehead atoms. The molecule has 1 N–H and O–H groups in total. The Hall–Kier alpha value is -5.06. The summed E-state index contributed by atoms with van der Waals surface area (Å²) in [7, 11) is 0.416. The molecule has 0 amide bonds. The van der Waals surface area contributed by atoms with Crippen molar-refractivity contribution in [1.82, 2.24) is 0 Å². The van der Waals surface area contributed by atoms with Crippen molar-refractivity contribution in [3.05, 3.63) is 166 Å². The Kier molecular flexibility index (Phi) is 10.1. The summed E-state index contributed by atoms with van der Waals surface area (Å²) >= 11 is 0. The van der Waals surface area contributed by atoms with E-state index in [1.807, 2.05) is 93.0 Å². The normalized spacial score (nSPS) is 13.5. The van der Waals surface area contributed by atoms with Gasteiger partial charge in [0.15, 0.2) is 40.7 Å². The monoisotopic (exact) mass is 797 g/mol. The lowest BCUT2D eigenvalue weighted by Crippen LogP contribution is -3.08. The average Bonchev–Trinajstić information content (AvgIpc) is 3.19. The van der Waals surface area contributed by atoms with E-state index >= 15 is 17.6 Å². The molecule has 0 radical (unpaired) electrons. The van der Waals surface area contributed by atoms with Crippen molar-refractivity contribution in [1.29, 1.82) is 0 Å². The molecule has 2 nitrogen and oxygen atoms in total. The first kappa shape index (κ1) is 39.2. The van der Waals surface area contributed by atoms with Gasteiger partial charge in [0.25, 0.3) is 0 Å². The van der Waals surface area contributed by atoms with Crippen LogP contribution in [0.25, 0.3) is 0 Å². The molecule has 0 saturated heterocycles. The summed E-state index contributed by atoms with van der Waals surface area (Å²) in [6.07, 6.45) is 0. The van der Waals surface area contributed by atoms with Crippen LogP contribution >= 0.6 is 7.14 Å². The van der Waals surface area contributed by atoms with Gasteiger partial charge in [0.1, 0.15) is 28.6 Å². The lowest BCUT2D eigenvalue weighted by atomic mass is 9.35. The van der Waals surface area contributed by atoms with E-state index in [0.717, 1.165) is 22.0 Å². The van der Waals surface area contributed by atoms with E-state index in [-0.39, 0.29) is 17.1 Å². The molecule has 0 aromatic heterocycles. The van der Waals surface area contributed by atoms with Gasteiger partial charge < -0.3 is 9.55 Å². The number of benzene rings is 6. The van der Waals surface area contributed by atoms with E-state index in [1.54, 1.807) is 19.9 Å². The standard InChI is InChI=1S/C41H32B2F10NOP/c1-41(2)23-17-11-19-25(43(27-29(44)33(48)37(52)34(49)30(27)45)28-31(46)35(50)38(53)36(51)32(28)47)39(23)55-40-24(41)18-12-20-26(40)56(42-54(3)4,21-13-7-5-8-14-21)22-15-9-6-10-16-22/h5-20,43,54H,42H2,1-4H3. The number of ether oxygens (including phenoxy) is 1. The van der Waals surface area contributed by atoms with Crippen LogP contribution in [0, 0.1) is 58.2 Å². The average molecular weight is 797 g/mol. The number of para-hydroxylation sites is 2. The van der Waals surface area contributed by atoms with Crippen molar-refractivity contribution in [2.75, 3.05) is 14.1 Å². The zero-order valence-electron chi connectivity index (χ0n) is 30.6. The molecule has 6 aromatic carbocycles. The first-order valence-electron chi connectivity index (χ1n) is 17.8. The van der Waals surface area contributed by atoms with Crippen molar-refractivity contribution < 1.29 is 53.5 Å². The summed E-state index contributed by atoms with van der Waals surface area (Å²) in [4.78, 5) is 1.18. The number of nitrogens with one attached hydrogen (secondary N) is 1. The molecule has 0 aliphatic carbocycles. The highest BCUT2D eigenvalue weighted by molar-refractivity contribution is 8.15. The Balaban J connectivity index is 1.60. The molecule has 56 heavy (non-hydrogen) atoms. The maximum atomic E-state index is 15.9. The molecule has 0 saturated carbocycles. The Morgan fingerprint density at radius 1 is 0.500 bits per heavy atom. The van der Waals surface area contributed by atoms with Crippen molar-refractivity contribution in [2.24, 2.45) is 0 Å². The fourth-order valence-electron chi connectivity index (χ4n) is 8.61. The number of hydrogen-bond donors (Lipinski definition) is 1. The van der Waals surface area contributed by atoms with Crippen molar-refractivity contribution in [3.8, 4) is 11.5 Å². The summed E-state index contributed by atoms with van der Waals surface area (Å²) in [5.41, 5.74) is -4.19. The van der Waals surface area contributed by atoms with Gasteiger partial charge in [0.2, 0.25) is 0 Å². The van der Waals surface area contributed by atoms with Crippen LogP contribution in [0.2, 0.25) is 0 Å².